The van der Waals surface area contributed by atoms with Gasteiger partial charge in [-0.3, -0.25) is 24.1 Å². The maximum absolute atomic E-state index is 15.2. The molecule has 6 atom stereocenters. The molecule has 0 spiro atoms. The number of phenols is 1. The highest BCUT2D eigenvalue weighted by Gasteiger charge is 2.70. The maximum Gasteiger partial charge on any atom is 0.246 e. The zero-order valence-electron chi connectivity index (χ0n) is 25.0. The van der Waals surface area contributed by atoms with Crippen molar-refractivity contribution in [2.75, 3.05) is 4.90 Å². The average molecular weight is 644 g/mol. The van der Waals surface area contributed by atoms with Crippen LogP contribution in [0.15, 0.2) is 84.4 Å². The minimum Gasteiger partial charge on any atom is -0.508 e. The number of aromatic hydroxyl groups is 1. The number of halogens is 2. The Bertz CT molecular complexity index is 1820. The average Bonchev–Trinajstić information content (AvgIpc) is 3.39. The number of hydrogen-bond donors (Lipinski definition) is 1. The Morgan fingerprint density at radius 1 is 0.822 bits per heavy atom. The van der Waals surface area contributed by atoms with Crippen LogP contribution in [0.3, 0.4) is 0 Å². The number of anilines is 1. The Morgan fingerprint density at radius 2 is 1.53 bits per heavy atom. The molecule has 4 aliphatic rings. The summed E-state index contributed by atoms with van der Waals surface area (Å²) in [5.74, 6) is -4.97. The molecule has 45 heavy (non-hydrogen) atoms. The van der Waals surface area contributed by atoms with Crippen molar-refractivity contribution in [1.82, 2.24) is 4.90 Å². The first kappa shape index (κ1) is 29.8. The summed E-state index contributed by atoms with van der Waals surface area (Å²) in [5.41, 5.74) is -0.0792. The molecule has 230 valence electrons. The molecule has 3 fully saturated rings. The van der Waals surface area contributed by atoms with E-state index >= 15 is 4.79 Å². The summed E-state index contributed by atoms with van der Waals surface area (Å²) < 4.78 is 0. The first-order chi connectivity index (χ1) is 21.4. The fraction of sp³-hybridized carbons (Fsp3) is 0.333. The lowest BCUT2D eigenvalue weighted by atomic mass is 9.49. The van der Waals surface area contributed by atoms with Crippen molar-refractivity contribution in [2.24, 2.45) is 23.7 Å². The number of imide groups is 2. The van der Waals surface area contributed by atoms with Crippen LogP contribution in [0, 0.1) is 23.7 Å². The smallest absolute Gasteiger partial charge is 0.246 e. The number of carbonyl (C=O) groups excluding carboxylic acids is 4. The lowest BCUT2D eigenvalue weighted by Gasteiger charge is -2.50. The minimum absolute atomic E-state index is 0.0753. The number of nitrogens with zero attached hydrogens (tertiary/aromatic N) is 2. The van der Waals surface area contributed by atoms with Gasteiger partial charge in [-0.05, 0) is 81.5 Å². The molecule has 4 amide bonds. The van der Waals surface area contributed by atoms with E-state index < -0.39 is 52.4 Å². The van der Waals surface area contributed by atoms with Gasteiger partial charge in [-0.15, -0.1) is 0 Å². The third kappa shape index (κ3) is 4.16. The second-order valence-corrected chi connectivity index (χ2v) is 14.4. The van der Waals surface area contributed by atoms with Crippen LogP contribution in [0.4, 0.5) is 5.69 Å². The van der Waals surface area contributed by atoms with Gasteiger partial charge in [0.05, 0.1) is 28.9 Å². The molecule has 2 aliphatic heterocycles. The second-order valence-electron chi connectivity index (χ2n) is 13.5. The summed E-state index contributed by atoms with van der Waals surface area (Å²) in [6.07, 6.45) is 2.45. The molecule has 9 heteroatoms. The number of phenolic OH excluding ortho intramolecular Hbond substituents is 1. The molecule has 3 aromatic rings. The summed E-state index contributed by atoms with van der Waals surface area (Å²) in [6, 6.07) is 20.5. The maximum atomic E-state index is 15.2. The number of carbonyl (C=O) groups is 4. The number of rotatable bonds is 3. The molecule has 3 aromatic carbocycles. The van der Waals surface area contributed by atoms with E-state index in [1.807, 2.05) is 57.2 Å². The first-order valence-electron chi connectivity index (χ1n) is 15.1. The van der Waals surface area contributed by atoms with Gasteiger partial charge in [0, 0.05) is 27.1 Å². The Kier molecular flexibility index (Phi) is 6.81. The van der Waals surface area contributed by atoms with Gasteiger partial charge in [-0.1, -0.05) is 71.2 Å². The molecule has 1 saturated carbocycles. The number of fused-ring (bicyclic) bond motifs is 4. The summed E-state index contributed by atoms with van der Waals surface area (Å²) in [7, 11) is 0. The third-order valence-corrected chi connectivity index (χ3v) is 10.6. The molecule has 1 N–H and O–H groups in total. The molecule has 0 aromatic heterocycles. The van der Waals surface area contributed by atoms with Crippen LogP contribution in [0.1, 0.15) is 50.7 Å². The van der Waals surface area contributed by atoms with E-state index in [-0.39, 0.29) is 24.0 Å². The highest BCUT2D eigenvalue weighted by molar-refractivity contribution is 6.32. The van der Waals surface area contributed by atoms with Gasteiger partial charge in [-0.25, -0.2) is 4.90 Å². The van der Waals surface area contributed by atoms with Gasteiger partial charge in [0.1, 0.15) is 5.75 Å². The largest absolute Gasteiger partial charge is 0.508 e. The van der Waals surface area contributed by atoms with Gasteiger partial charge in [0.15, 0.2) is 0 Å². The van der Waals surface area contributed by atoms with Gasteiger partial charge < -0.3 is 5.11 Å². The normalized spacial score (nSPS) is 29.4. The molecule has 0 radical (unpaired) electrons. The summed E-state index contributed by atoms with van der Waals surface area (Å²) >= 11 is 12.9. The fourth-order valence-corrected chi connectivity index (χ4v) is 8.87. The Balaban J connectivity index is 1.51. The van der Waals surface area contributed by atoms with Gasteiger partial charge in [0.2, 0.25) is 23.6 Å². The Labute approximate surface area is 271 Å². The first-order valence-corrected chi connectivity index (χ1v) is 15.9. The molecule has 0 unspecified atom stereocenters. The summed E-state index contributed by atoms with van der Waals surface area (Å²) in [4.78, 5) is 60.3. The molecule has 2 heterocycles. The summed E-state index contributed by atoms with van der Waals surface area (Å²) in [5, 5.41) is 12.1. The fourth-order valence-electron chi connectivity index (χ4n) is 8.51. The van der Waals surface area contributed by atoms with Gasteiger partial charge in [0.25, 0.3) is 0 Å². The Hall–Kier alpha value is -3.94. The second kappa shape index (κ2) is 10.3. The zero-order chi connectivity index (χ0) is 32.0. The zero-order valence-corrected chi connectivity index (χ0v) is 26.5. The molecule has 0 bridgehead atoms. The van der Waals surface area contributed by atoms with Crippen molar-refractivity contribution in [2.45, 2.75) is 50.5 Å². The lowest BCUT2D eigenvalue weighted by Crippen LogP contribution is -2.53. The quantitative estimate of drug-likeness (QED) is 0.255. The molecule has 2 aliphatic carbocycles. The molecular formula is C36H32Cl2N2O5. The number of likely N-dealkylation sites (tertiary alicyclic amines) is 1. The predicted octanol–water partition coefficient (Wildman–Crippen LogP) is 6.66. The number of hydrogen-bond acceptors (Lipinski definition) is 5. The number of amides is 4. The lowest BCUT2D eigenvalue weighted by molar-refractivity contribution is -0.145. The molecule has 7 nitrogen and oxygen atoms in total. The van der Waals surface area contributed by atoms with Crippen LogP contribution in [-0.2, 0) is 24.6 Å². The highest BCUT2D eigenvalue weighted by Crippen LogP contribution is 2.65. The van der Waals surface area contributed by atoms with Crippen molar-refractivity contribution in [3.63, 3.8) is 0 Å². The van der Waals surface area contributed by atoms with Crippen LogP contribution in [0.5, 0.6) is 5.75 Å². The van der Waals surface area contributed by atoms with Crippen molar-refractivity contribution in [3.8, 4) is 5.75 Å². The number of allylic oxidation sites excluding steroid dienone is 2. The van der Waals surface area contributed by atoms with Crippen LogP contribution in [0.2, 0.25) is 10.0 Å². The third-order valence-electron chi connectivity index (χ3n) is 10.1. The van der Waals surface area contributed by atoms with Crippen molar-refractivity contribution in [3.05, 3.63) is 106 Å². The van der Waals surface area contributed by atoms with E-state index in [1.54, 1.807) is 36.4 Å². The van der Waals surface area contributed by atoms with E-state index in [4.69, 9.17) is 23.2 Å². The monoisotopic (exact) mass is 642 g/mol. The molecule has 2 saturated heterocycles. The standard InChI is InChI=1S/C36H32Cl2N2O5/c1-35(2,3)40-31(42)24-14-13-23-25(29(24)33(40)44)18-27-32(43)39(22-11-7-10-20(37)16-22)34(45)36(27,19-8-5-4-6-9-19)30(23)26-17-21(38)12-15-28(26)41/h4-13,15-17,24-25,27,29-30,41H,14,18H2,1-3H3/t24-,25+,27-,29-,30+,36+/m0/s1. The van der Waals surface area contributed by atoms with Crippen LogP contribution < -0.4 is 4.90 Å². The van der Waals surface area contributed by atoms with Crippen LogP contribution in [-0.4, -0.2) is 39.2 Å². The molecule has 7 rings (SSSR count). The van der Waals surface area contributed by atoms with Gasteiger partial charge in [-0.2, -0.15) is 0 Å². The summed E-state index contributed by atoms with van der Waals surface area (Å²) in [6.45, 7) is 5.51. The highest BCUT2D eigenvalue weighted by atomic mass is 35.5. The van der Waals surface area contributed by atoms with E-state index in [9.17, 15) is 19.5 Å². The minimum atomic E-state index is -1.48. The van der Waals surface area contributed by atoms with Crippen molar-refractivity contribution in [1.29, 1.82) is 0 Å². The van der Waals surface area contributed by atoms with E-state index in [2.05, 4.69) is 0 Å². The predicted molar refractivity (Wildman–Crippen MR) is 171 cm³/mol. The SMILES string of the molecule is CC(C)(C)N1C(=O)[C@H]2[C@H](CC=C3[C@H]2C[C@H]2C(=O)N(c4cccc(Cl)c4)C(=O)[C@@]2(c2ccccc2)[C@H]3c2cc(Cl)ccc2O)C1=O. The van der Waals surface area contributed by atoms with Gasteiger partial charge >= 0.3 is 0 Å². The van der Waals surface area contributed by atoms with Crippen LogP contribution in [0.25, 0.3) is 0 Å². The van der Waals surface area contributed by atoms with E-state index in [1.165, 1.54) is 15.9 Å². The van der Waals surface area contributed by atoms with Crippen LogP contribution >= 0.6 is 23.2 Å². The molecular weight excluding hydrogens is 611 g/mol. The number of benzene rings is 3. The topological polar surface area (TPSA) is 95.0 Å². The Morgan fingerprint density at radius 3 is 2.22 bits per heavy atom. The van der Waals surface area contributed by atoms with E-state index in [0.29, 0.717) is 33.3 Å². The van der Waals surface area contributed by atoms with Crippen molar-refractivity contribution >= 4 is 52.5 Å². The van der Waals surface area contributed by atoms with Crippen molar-refractivity contribution < 1.29 is 24.3 Å². The van der Waals surface area contributed by atoms with E-state index in [0.717, 1.165) is 5.57 Å².